The van der Waals surface area contributed by atoms with E-state index in [9.17, 15) is 14.7 Å². The number of anilines is 1. The molecule has 2 fully saturated rings. The van der Waals surface area contributed by atoms with Crippen molar-refractivity contribution in [3.8, 4) is 11.3 Å². The zero-order valence-corrected chi connectivity index (χ0v) is 17.6. The fourth-order valence-corrected chi connectivity index (χ4v) is 5.39. The Hall–Kier alpha value is -3.16. The van der Waals surface area contributed by atoms with E-state index >= 15 is 0 Å². The Labute approximate surface area is 180 Å². The highest BCUT2D eigenvalue weighted by Gasteiger charge is 2.42. The molecule has 1 N–H and O–H groups in total. The highest BCUT2D eigenvalue weighted by molar-refractivity contribution is 5.87. The number of nitrogens with zero attached hydrogens (tertiary/aromatic N) is 4. The molecule has 2 aliphatic heterocycles. The lowest BCUT2D eigenvalue weighted by atomic mass is 9.92. The molecule has 3 heterocycles. The number of rotatable bonds is 2. The number of hydrogen-bond acceptors (Lipinski definition) is 6. The van der Waals surface area contributed by atoms with Gasteiger partial charge in [0.25, 0.3) is 0 Å². The van der Waals surface area contributed by atoms with Crippen LogP contribution in [0.5, 0.6) is 0 Å². The minimum absolute atomic E-state index is 0.0449. The lowest BCUT2D eigenvalue weighted by Crippen LogP contribution is -2.47. The van der Waals surface area contributed by atoms with Crippen LogP contribution in [0.4, 0.5) is 10.6 Å². The summed E-state index contributed by atoms with van der Waals surface area (Å²) in [5, 5.41) is 9.65. The summed E-state index contributed by atoms with van der Waals surface area (Å²) in [5.74, 6) is 0.518. The molecule has 1 aromatic heterocycles. The van der Waals surface area contributed by atoms with E-state index in [2.05, 4.69) is 20.9 Å². The van der Waals surface area contributed by atoms with E-state index in [0.717, 1.165) is 61.3 Å². The molecule has 1 amide bonds. The molecule has 31 heavy (non-hydrogen) atoms. The fourth-order valence-electron chi connectivity index (χ4n) is 5.39. The average Bonchev–Trinajstić information content (AvgIpc) is 3.13. The summed E-state index contributed by atoms with van der Waals surface area (Å²) in [5.41, 5.74) is 4.09. The monoisotopic (exact) mass is 422 g/mol. The summed E-state index contributed by atoms with van der Waals surface area (Å²) in [6.45, 7) is 1.90. The van der Waals surface area contributed by atoms with Crippen LogP contribution in [0.1, 0.15) is 41.0 Å². The van der Waals surface area contributed by atoms with Crippen LogP contribution in [-0.4, -0.2) is 64.8 Å². The zero-order valence-electron chi connectivity index (χ0n) is 17.6. The topological polar surface area (TPSA) is 95.9 Å². The van der Waals surface area contributed by atoms with Gasteiger partial charge >= 0.3 is 12.1 Å². The maximum atomic E-state index is 12.4. The van der Waals surface area contributed by atoms with Crippen LogP contribution in [-0.2, 0) is 17.6 Å². The van der Waals surface area contributed by atoms with Gasteiger partial charge in [0, 0.05) is 30.8 Å². The zero-order chi connectivity index (χ0) is 21.5. The number of amides is 1. The van der Waals surface area contributed by atoms with Gasteiger partial charge in [0.15, 0.2) is 0 Å². The first-order valence-corrected chi connectivity index (χ1v) is 10.9. The van der Waals surface area contributed by atoms with Crippen molar-refractivity contribution in [3.05, 3.63) is 41.2 Å². The Balaban J connectivity index is 1.61. The van der Waals surface area contributed by atoms with Crippen LogP contribution in [0.25, 0.3) is 11.3 Å². The number of benzene rings is 1. The van der Waals surface area contributed by atoms with E-state index < -0.39 is 12.1 Å². The average molecular weight is 422 g/mol. The molecule has 8 nitrogen and oxygen atoms in total. The van der Waals surface area contributed by atoms with Gasteiger partial charge < -0.3 is 19.6 Å². The Morgan fingerprint density at radius 3 is 2.77 bits per heavy atom. The van der Waals surface area contributed by atoms with Crippen LogP contribution in [0.3, 0.4) is 0 Å². The second kappa shape index (κ2) is 7.83. The lowest BCUT2D eigenvalue weighted by Gasteiger charge is -2.34. The molecular formula is C23H26N4O4. The van der Waals surface area contributed by atoms with Crippen molar-refractivity contribution in [3.63, 3.8) is 0 Å². The molecule has 162 valence electrons. The molecule has 8 heteroatoms. The normalized spacial score (nSPS) is 22.2. The number of methoxy groups -OCH3 is 1. The molecule has 1 aromatic carbocycles. The Morgan fingerprint density at radius 2 is 1.97 bits per heavy atom. The van der Waals surface area contributed by atoms with Crippen molar-refractivity contribution in [2.75, 3.05) is 31.6 Å². The fraction of sp³-hybridized carbons (Fsp3) is 0.478. The van der Waals surface area contributed by atoms with Crippen molar-refractivity contribution in [2.45, 2.75) is 38.1 Å². The molecule has 0 saturated carbocycles. The first-order chi connectivity index (χ1) is 15.1. The minimum atomic E-state index is -0.859. The third-order valence-corrected chi connectivity index (χ3v) is 6.82. The molecule has 0 bridgehead atoms. The second-order valence-electron chi connectivity index (χ2n) is 8.55. The number of carbonyl (C=O) groups excluding carboxylic acids is 1. The first kappa shape index (κ1) is 19.8. The summed E-state index contributed by atoms with van der Waals surface area (Å²) >= 11 is 0. The number of carbonyl (C=O) groups is 2. The minimum Gasteiger partial charge on any atom is -0.465 e. The van der Waals surface area contributed by atoms with Gasteiger partial charge in [0.1, 0.15) is 5.82 Å². The van der Waals surface area contributed by atoms with Gasteiger partial charge in [-0.05, 0) is 43.6 Å². The number of esters is 1. The van der Waals surface area contributed by atoms with E-state index in [1.54, 1.807) is 4.90 Å². The number of ether oxygens (including phenoxy) is 1. The molecule has 1 aliphatic carbocycles. The SMILES string of the molecule is COC(=O)c1nc2c(c(N3CC4CCCN(C(=O)O)C4C3)n1)CCCc1ccccc1-2. The first-order valence-electron chi connectivity index (χ1n) is 10.9. The molecule has 0 spiro atoms. The van der Waals surface area contributed by atoms with Gasteiger partial charge in [-0.1, -0.05) is 24.3 Å². The predicted molar refractivity (Wildman–Crippen MR) is 114 cm³/mol. The molecule has 2 atom stereocenters. The van der Waals surface area contributed by atoms with E-state index in [4.69, 9.17) is 4.74 Å². The number of aryl methyl sites for hydroxylation is 1. The second-order valence-corrected chi connectivity index (χ2v) is 8.55. The number of aromatic nitrogens is 2. The van der Waals surface area contributed by atoms with Crippen LogP contribution in [0, 0.1) is 5.92 Å². The van der Waals surface area contributed by atoms with E-state index in [-0.39, 0.29) is 17.8 Å². The smallest absolute Gasteiger partial charge is 0.407 e. The molecule has 2 unspecified atom stereocenters. The summed E-state index contributed by atoms with van der Waals surface area (Å²) in [7, 11) is 1.33. The van der Waals surface area contributed by atoms with Crippen LogP contribution >= 0.6 is 0 Å². The van der Waals surface area contributed by atoms with Crippen molar-refractivity contribution in [1.29, 1.82) is 0 Å². The van der Waals surface area contributed by atoms with Gasteiger partial charge in [-0.25, -0.2) is 19.6 Å². The Morgan fingerprint density at radius 1 is 1.13 bits per heavy atom. The van der Waals surface area contributed by atoms with Crippen LogP contribution in [0.2, 0.25) is 0 Å². The molecular weight excluding hydrogens is 396 g/mol. The third-order valence-electron chi connectivity index (χ3n) is 6.82. The maximum Gasteiger partial charge on any atom is 0.407 e. The predicted octanol–water partition coefficient (Wildman–Crippen LogP) is 3.00. The highest BCUT2D eigenvalue weighted by atomic mass is 16.5. The van der Waals surface area contributed by atoms with Crippen molar-refractivity contribution < 1.29 is 19.4 Å². The molecule has 3 aliphatic rings. The van der Waals surface area contributed by atoms with Gasteiger partial charge in [0.05, 0.1) is 18.8 Å². The van der Waals surface area contributed by atoms with E-state index in [0.29, 0.717) is 13.1 Å². The van der Waals surface area contributed by atoms with Crippen molar-refractivity contribution in [2.24, 2.45) is 5.92 Å². The summed E-state index contributed by atoms with van der Waals surface area (Å²) in [6, 6.07) is 8.13. The van der Waals surface area contributed by atoms with Crippen LogP contribution in [0.15, 0.2) is 24.3 Å². The standard InChI is InChI=1S/C23H26N4O4/c1-31-22(28)20-24-19-16-9-3-2-6-14(16)7-4-10-17(19)21(25-20)26-12-15-8-5-11-27(23(29)30)18(15)13-26/h2-3,6,9,15,18H,4-5,7-8,10-13H2,1H3,(H,29,30). The largest absolute Gasteiger partial charge is 0.465 e. The van der Waals surface area contributed by atoms with Gasteiger partial charge in [0.2, 0.25) is 5.82 Å². The van der Waals surface area contributed by atoms with Crippen molar-refractivity contribution in [1.82, 2.24) is 14.9 Å². The quantitative estimate of drug-likeness (QED) is 0.743. The molecule has 2 saturated heterocycles. The van der Waals surface area contributed by atoms with Crippen LogP contribution < -0.4 is 4.90 Å². The van der Waals surface area contributed by atoms with E-state index in [1.165, 1.54) is 12.7 Å². The number of piperidine rings is 1. The van der Waals surface area contributed by atoms with E-state index in [1.807, 2.05) is 18.2 Å². The van der Waals surface area contributed by atoms with Gasteiger partial charge in [-0.3, -0.25) is 0 Å². The van der Waals surface area contributed by atoms with Gasteiger partial charge in [-0.2, -0.15) is 0 Å². The summed E-state index contributed by atoms with van der Waals surface area (Å²) < 4.78 is 4.94. The highest BCUT2D eigenvalue weighted by Crippen LogP contribution is 2.39. The third kappa shape index (κ3) is 3.40. The number of carboxylic acid groups (broad SMARTS) is 1. The Bertz CT molecular complexity index is 1040. The maximum absolute atomic E-state index is 12.4. The Kier molecular flexibility index (Phi) is 5.00. The number of likely N-dealkylation sites (tertiary alicyclic amines) is 1. The van der Waals surface area contributed by atoms with Crippen molar-refractivity contribution >= 4 is 17.9 Å². The summed E-state index contributed by atoms with van der Waals surface area (Å²) in [6.07, 6.45) is 3.75. The molecule has 5 rings (SSSR count). The van der Waals surface area contributed by atoms with Gasteiger partial charge in [-0.15, -0.1) is 0 Å². The summed E-state index contributed by atoms with van der Waals surface area (Å²) in [4.78, 5) is 37.2. The molecule has 0 radical (unpaired) electrons. The number of fused-ring (bicyclic) bond motifs is 4. The number of hydrogen-bond donors (Lipinski definition) is 1. The molecule has 2 aromatic rings. The lowest BCUT2D eigenvalue weighted by molar-refractivity contribution is 0.0586.